The summed E-state index contributed by atoms with van der Waals surface area (Å²) in [5.41, 5.74) is 3.83. The first kappa shape index (κ1) is 19.5. The Bertz CT molecular complexity index is 1060. The van der Waals surface area contributed by atoms with Gasteiger partial charge in [-0.05, 0) is 56.5 Å². The van der Waals surface area contributed by atoms with Crippen LogP contribution in [0.4, 0.5) is 5.82 Å². The summed E-state index contributed by atoms with van der Waals surface area (Å²) in [7, 11) is 0. The van der Waals surface area contributed by atoms with Crippen molar-refractivity contribution in [3.63, 3.8) is 0 Å². The Morgan fingerprint density at radius 3 is 2.69 bits per heavy atom. The molecule has 0 saturated heterocycles. The maximum Gasteiger partial charge on any atom is 0.235 e. The molecule has 1 aromatic heterocycles. The zero-order chi connectivity index (χ0) is 20.5. The topological polar surface area (TPSA) is 71.4 Å². The van der Waals surface area contributed by atoms with Crippen LogP contribution in [-0.4, -0.2) is 22.4 Å². The molecule has 0 radical (unpaired) electrons. The van der Waals surface area contributed by atoms with Crippen LogP contribution < -0.4 is 5.32 Å². The Morgan fingerprint density at radius 2 is 1.93 bits per heavy atom. The minimum absolute atomic E-state index is 0.0685. The number of pyridine rings is 1. The van der Waals surface area contributed by atoms with Crippen LogP contribution >= 0.6 is 11.6 Å². The zero-order valence-corrected chi connectivity index (χ0v) is 17.2. The number of halogens is 1. The predicted molar refractivity (Wildman–Crippen MR) is 114 cm³/mol. The van der Waals surface area contributed by atoms with Gasteiger partial charge in [-0.15, -0.1) is 0 Å². The summed E-state index contributed by atoms with van der Waals surface area (Å²) in [6.07, 6.45) is 2.03. The normalized spacial score (nSPS) is 21.5. The number of benzene rings is 1. The molecule has 4 rings (SSSR count). The summed E-state index contributed by atoms with van der Waals surface area (Å²) < 4.78 is 0. The minimum Gasteiger partial charge on any atom is -0.310 e. The van der Waals surface area contributed by atoms with Crippen LogP contribution in [0.25, 0.3) is 0 Å². The molecule has 1 N–H and O–H groups in total. The molecule has 2 aromatic rings. The summed E-state index contributed by atoms with van der Waals surface area (Å²) in [4.78, 5) is 35.3. The van der Waals surface area contributed by atoms with Gasteiger partial charge >= 0.3 is 0 Å². The van der Waals surface area contributed by atoms with E-state index in [1.807, 2.05) is 44.2 Å². The van der Waals surface area contributed by atoms with E-state index in [2.05, 4.69) is 15.3 Å². The van der Waals surface area contributed by atoms with Crippen LogP contribution in [0, 0.1) is 12.8 Å². The van der Waals surface area contributed by atoms with Crippen molar-refractivity contribution in [1.29, 1.82) is 0 Å². The Hall–Kier alpha value is -2.79. The molecule has 1 amide bonds. The second-order valence-corrected chi connectivity index (χ2v) is 7.99. The van der Waals surface area contributed by atoms with Gasteiger partial charge in [0.05, 0.1) is 5.92 Å². The highest BCUT2D eigenvalue weighted by Crippen LogP contribution is 2.43. The summed E-state index contributed by atoms with van der Waals surface area (Å²) in [5, 5.41) is 3.49. The van der Waals surface area contributed by atoms with Crippen molar-refractivity contribution in [1.82, 2.24) is 4.98 Å². The Labute approximate surface area is 174 Å². The number of rotatable bonds is 3. The molecule has 0 bridgehead atoms. The molecule has 0 fully saturated rings. The largest absolute Gasteiger partial charge is 0.310 e. The summed E-state index contributed by atoms with van der Waals surface area (Å²) in [6, 6.07) is 12.9. The molecule has 1 aliphatic heterocycles. The molecule has 6 heteroatoms. The van der Waals surface area contributed by atoms with Crippen molar-refractivity contribution in [3.8, 4) is 0 Å². The van der Waals surface area contributed by atoms with E-state index >= 15 is 0 Å². The monoisotopic (exact) mass is 407 g/mol. The lowest BCUT2D eigenvalue weighted by atomic mass is 9.71. The van der Waals surface area contributed by atoms with Crippen molar-refractivity contribution < 1.29 is 9.59 Å². The number of Topliss-reactive ketones (excluding diaryl/α,β-unsaturated/α-hetero) is 1. The van der Waals surface area contributed by atoms with Gasteiger partial charge in [-0.1, -0.05) is 29.8 Å². The van der Waals surface area contributed by atoms with Gasteiger partial charge in [-0.25, -0.2) is 4.98 Å². The smallest absolute Gasteiger partial charge is 0.235 e. The summed E-state index contributed by atoms with van der Waals surface area (Å²) >= 11 is 6.24. The Kier molecular flexibility index (Phi) is 5.33. The third-order valence-electron chi connectivity index (χ3n) is 5.46. The highest BCUT2D eigenvalue weighted by atomic mass is 35.5. The molecule has 148 valence electrons. The number of aromatic nitrogens is 1. The first-order chi connectivity index (χ1) is 13.9. The van der Waals surface area contributed by atoms with Gasteiger partial charge in [0.1, 0.15) is 5.82 Å². The van der Waals surface area contributed by atoms with E-state index in [0.29, 0.717) is 28.5 Å². The number of nitrogens with zero attached hydrogens (tertiary/aromatic N) is 2. The van der Waals surface area contributed by atoms with E-state index in [0.717, 1.165) is 29.8 Å². The molecule has 29 heavy (non-hydrogen) atoms. The van der Waals surface area contributed by atoms with Crippen molar-refractivity contribution in [3.05, 3.63) is 70.0 Å². The molecule has 5 nitrogen and oxygen atoms in total. The maximum absolute atomic E-state index is 13.3. The quantitative estimate of drug-likeness (QED) is 0.789. The Morgan fingerprint density at radius 1 is 1.14 bits per heavy atom. The van der Waals surface area contributed by atoms with Gasteiger partial charge in [-0.3, -0.25) is 14.6 Å². The number of carbonyl (C=O) groups excluding carboxylic acids is 2. The second kappa shape index (κ2) is 7.91. The van der Waals surface area contributed by atoms with Gasteiger partial charge in [0.15, 0.2) is 5.78 Å². The number of allylic oxidation sites excluding steroid dienone is 2. The number of aliphatic imine (C=N–C) groups is 1. The predicted octanol–water partition coefficient (Wildman–Crippen LogP) is 4.86. The number of anilines is 1. The highest BCUT2D eigenvalue weighted by molar-refractivity contribution is 6.30. The van der Waals surface area contributed by atoms with E-state index in [1.165, 1.54) is 0 Å². The van der Waals surface area contributed by atoms with Gasteiger partial charge < -0.3 is 5.32 Å². The second-order valence-electron chi connectivity index (χ2n) is 7.55. The van der Waals surface area contributed by atoms with Gasteiger partial charge in [0, 0.05) is 40.0 Å². The van der Waals surface area contributed by atoms with Crippen molar-refractivity contribution in [2.24, 2.45) is 10.9 Å². The molecule has 2 aliphatic rings. The van der Waals surface area contributed by atoms with E-state index in [1.54, 1.807) is 12.1 Å². The van der Waals surface area contributed by atoms with Crippen LogP contribution in [0.15, 0.2) is 58.7 Å². The first-order valence-electron chi connectivity index (χ1n) is 9.75. The van der Waals surface area contributed by atoms with Crippen molar-refractivity contribution in [2.45, 2.75) is 39.0 Å². The number of amides is 1. The molecule has 0 saturated carbocycles. The lowest BCUT2D eigenvalue weighted by molar-refractivity contribution is -0.119. The van der Waals surface area contributed by atoms with E-state index in [9.17, 15) is 9.59 Å². The summed E-state index contributed by atoms with van der Waals surface area (Å²) in [6.45, 7) is 3.73. The molecule has 2 atom stereocenters. The number of aryl methyl sites for hydroxylation is 1. The average molecular weight is 408 g/mol. The average Bonchev–Trinajstić information content (AvgIpc) is 2.67. The Balaban J connectivity index is 1.78. The first-order valence-corrected chi connectivity index (χ1v) is 10.1. The van der Waals surface area contributed by atoms with Gasteiger partial charge in [0.25, 0.3) is 0 Å². The lowest BCUT2D eigenvalue weighted by Gasteiger charge is -2.35. The van der Waals surface area contributed by atoms with Crippen LogP contribution in [0.3, 0.4) is 0 Å². The fourth-order valence-corrected chi connectivity index (χ4v) is 4.42. The zero-order valence-electron chi connectivity index (χ0n) is 16.4. The van der Waals surface area contributed by atoms with Crippen LogP contribution in [0.2, 0.25) is 5.02 Å². The van der Waals surface area contributed by atoms with Crippen LogP contribution in [0.5, 0.6) is 0 Å². The standard InChI is InChI=1S/C23H22ClN3O2/c1-13-6-3-11-19(25-13)27-23(29)20-14(2)26-17-9-5-10-18(28)22(17)21(20)15-7-4-8-16(24)12-15/h3-4,6-8,11-12,20-21H,5,9-10H2,1-2H3,(H,25,27,29)/t20?,21-/m0/s1. The number of hydrogen-bond acceptors (Lipinski definition) is 4. The molecule has 1 unspecified atom stereocenters. The number of carbonyl (C=O) groups is 2. The molecule has 2 heterocycles. The van der Waals surface area contributed by atoms with E-state index in [4.69, 9.17) is 11.6 Å². The van der Waals surface area contributed by atoms with Crippen molar-refractivity contribution in [2.75, 3.05) is 5.32 Å². The number of hydrogen-bond donors (Lipinski definition) is 1. The molecule has 1 aromatic carbocycles. The van der Waals surface area contributed by atoms with Crippen molar-refractivity contribution >= 4 is 34.8 Å². The van der Waals surface area contributed by atoms with E-state index in [-0.39, 0.29) is 11.7 Å². The fourth-order valence-electron chi connectivity index (χ4n) is 4.22. The number of nitrogens with one attached hydrogen (secondary N) is 1. The van der Waals surface area contributed by atoms with Crippen LogP contribution in [0.1, 0.15) is 43.4 Å². The SMILES string of the molecule is CC1=NC2=C(C(=O)CCC2)[C@@H](c2cccc(Cl)c2)C1C(=O)Nc1cccc(C)n1. The summed E-state index contributed by atoms with van der Waals surface area (Å²) in [5.74, 6) is -0.670. The van der Waals surface area contributed by atoms with Gasteiger partial charge in [-0.2, -0.15) is 0 Å². The third-order valence-corrected chi connectivity index (χ3v) is 5.70. The maximum atomic E-state index is 13.3. The lowest BCUT2D eigenvalue weighted by Crippen LogP contribution is -2.39. The third kappa shape index (κ3) is 3.87. The molecular formula is C23H22ClN3O2. The fraction of sp³-hybridized carbons (Fsp3) is 0.304. The van der Waals surface area contributed by atoms with E-state index < -0.39 is 11.8 Å². The number of ketones is 1. The highest BCUT2D eigenvalue weighted by Gasteiger charge is 2.42. The molecular weight excluding hydrogens is 386 g/mol. The molecule has 1 aliphatic carbocycles. The van der Waals surface area contributed by atoms with Crippen LogP contribution in [-0.2, 0) is 9.59 Å². The minimum atomic E-state index is -0.600. The molecule has 0 spiro atoms. The van der Waals surface area contributed by atoms with Gasteiger partial charge in [0.2, 0.25) is 5.91 Å².